The second kappa shape index (κ2) is 9.53. The lowest BCUT2D eigenvalue weighted by atomic mass is 9.93. The molecule has 0 radical (unpaired) electrons. The van der Waals surface area contributed by atoms with Gasteiger partial charge in [-0.1, -0.05) is 34.6 Å². The lowest BCUT2D eigenvalue weighted by Crippen LogP contribution is -2.28. The fourth-order valence-corrected chi connectivity index (χ4v) is 2.33. The number of nitrogens with one attached hydrogen (secondary N) is 1. The maximum atomic E-state index is 3.55. The van der Waals surface area contributed by atoms with Crippen LogP contribution in [0.5, 0.6) is 0 Å². The summed E-state index contributed by atoms with van der Waals surface area (Å²) in [7, 11) is 0. The van der Waals surface area contributed by atoms with Crippen molar-refractivity contribution in [3.05, 3.63) is 0 Å². The van der Waals surface area contributed by atoms with Crippen LogP contribution in [0.3, 0.4) is 0 Å². The van der Waals surface area contributed by atoms with Crippen LogP contribution in [0, 0.1) is 17.8 Å². The Balaban J connectivity index is 3.46. The molecule has 0 aromatic rings. The standard InChI is InChI=1S/C13H29NS/c1-6-15-8-7-12(4)13(5)10-14-9-11(2)3/h11-14H,6-10H2,1-5H3. The van der Waals surface area contributed by atoms with E-state index < -0.39 is 0 Å². The Bertz CT molecular complexity index is 136. The zero-order valence-corrected chi connectivity index (χ0v) is 12.0. The predicted octanol–water partition coefficient (Wildman–Crippen LogP) is 3.65. The van der Waals surface area contributed by atoms with Crippen LogP contribution in [0.25, 0.3) is 0 Å². The third-order valence-corrected chi connectivity index (χ3v) is 3.84. The molecule has 0 aliphatic rings. The third-order valence-electron chi connectivity index (χ3n) is 2.91. The van der Waals surface area contributed by atoms with Gasteiger partial charge in [0.05, 0.1) is 0 Å². The van der Waals surface area contributed by atoms with Crippen LogP contribution < -0.4 is 5.32 Å². The summed E-state index contributed by atoms with van der Waals surface area (Å²) in [4.78, 5) is 0. The molecule has 0 aliphatic heterocycles. The topological polar surface area (TPSA) is 12.0 Å². The van der Waals surface area contributed by atoms with Gasteiger partial charge in [0.25, 0.3) is 0 Å². The Kier molecular flexibility index (Phi) is 9.73. The quantitative estimate of drug-likeness (QED) is 0.608. The number of hydrogen-bond donors (Lipinski definition) is 1. The summed E-state index contributed by atoms with van der Waals surface area (Å²) in [6.07, 6.45) is 1.36. The highest BCUT2D eigenvalue weighted by Gasteiger charge is 2.11. The minimum Gasteiger partial charge on any atom is -0.316 e. The number of hydrogen-bond acceptors (Lipinski definition) is 2. The van der Waals surface area contributed by atoms with E-state index in [0.717, 1.165) is 24.3 Å². The van der Waals surface area contributed by atoms with E-state index in [1.165, 1.54) is 24.5 Å². The van der Waals surface area contributed by atoms with Gasteiger partial charge in [0.2, 0.25) is 0 Å². The summed E-state index contributed by atoms with van der Waals surface area (Å²) in [5.41, 5.74) is 0. The monoisotopic (exact) mass is 231 g/mol. The van der Waals surface area contributed by atoms with Crippen molar-refractivity contribution in [2.45, 2.75) is 41.0 Å². The molecule has 0 bridgehead atoms. The SMILES string of the molecule is CCSCCC(C)C(C)CNCC(C)C. The molecule has 0 aromatic heterocycles. The van der Waals surface area contributed by atoms with Crippen molar-refractivity contribution in [3.8, 4) is 0 Å². The highest BCUT2D eigenvalue weighted by atomic mass is 32.2. The van der Waals surface area contributed by atoms with Crippen molar-refractivity contribution in [3.63, 3.8) is 0 Å². The smallest absolute Gasteiger partial charge is 0.00205 e. The van der Waals surface area contributed by atoms with E-state index in [0.29, 0.717) is 0 Å². The number of rotatable bonds is 9. The first-order chi connectivity index (χ1) is 7.07. The van der Waals surface area contributed by atoms with E-state index in [2.05, 4.69) is 51.7 Å². The van der Waals surface area contributed by atoms with Crippen molar-refractivity contribution >= 4 is 11.8 Å². The van der Waals surface area contributed by atoms with Crippen molar-refractivity contribution < 1.29 is 0 Å². The summed E-state index contributed by atoms with van der Waals surface area (Å²) in [6.45, 7) is 13.9. The van der Waals surface area contributed by atoms with Crippen LogP contribution in [0.4, 0.5) is 0 Å². The van der Waals surface area contributed by atoms with Crippen LogP contribution in [0.2, 0.25) is 0 Å². The molecule has 1 N–H and O–H groups in total. The van der Waals surface area contributed by atoms with Crippen LogP contribution in [-0.4, -0.2) is 24.6 Å². The van der Waals surface area contributed by atoms with Crippen LogP contribution in [0.15, 0.2) is 0 Å². The maximum absolute atomic E-state index is 3.55. The van der Waals surface area contributed by atoms with Gasteiger partial charge >= 0.3 is 0 Å². The molecule has 0 saturated heterocycles. The van der Waals surface area contributed by atoms with Crippen LogP contribution in [-0.2, 0) is 0 Å². The molecular formula is C13H29NS. The van der Waals surface area contributed by atoms with Gasteiger partial charge in [0.1, 0.15) is 0 Å². The van der Waals surface area contributed by atoms with E-state index in [1.807, 2.05) is 0 Å². The molecule has 15 heavy (non-hydrogen) atoms. The average Bonchev–Trinajstić information content (AvgIpc) is 2.17. The van der Waals surface area contributed by atoms with Crippen molar-refractivity contribution in [1.82, 2.24) is 5.32 Å². The Labute approximate surface area is 101 Å². The van der Waals surface area contributed by atoms with E-state index in [-0.39, 0.29) is 0 Å². The molecule has 0 fully saturated rings. The Hall–Kier alpha value is 0.310. The predicted molar refractivity (Wildman–Crippen MR) is 73.7 cm³/mol. The van der Waals surface area contributed by atoms with E-state index >= 15 is 0 Å². The average molecular weight is 231 g/mol. The molecule has 2 heteroatoms. The molecule has 2 atom stereocenters. The van der Waals surface area contributed by atoms with E-state index in [9.17, 15) is 0 Å². The lowest BCUT2D eigenvalue weighted by Gasteiger charge is -2.20. The minimum atomic E-state index is 0.767. The minimum absolute atomic E-state index is 0.767. The fourth-order valence-electron chi connectivity index (χ4n) is 1.50. The molecule has 0 aliphatic carbocycles. The molecule has 0 amide bonds. The largest absolute Gasteiger partial charge is 0.316 e. The Morgan fingerprint density at radius 1 is 1.00 bits per heavy atom. The van der Waals surface area contributed by atoms with Crippen LogP contribution in [0.1, 0.15) is 41.0 Å². The maximum Gasteiger partial charge on any atom is -0.00205 e. The molecule has 0 rings (SSSR count). The second-order valence-corrected chi connectivity index (χ2v) is 6.39. The van der Waals surface area contributed by atoms with Crippen LogP contribution >= 0.6 is 11.8 Å². The van der Waals surface area contributed by atoms with Crippen molar-refractivity contribution in [2.75, 3.05) is 24.6 Å². The zero-order chi connectivity index (χ0) is 11.7. The van der Waals surface area contributed by atoms with Gasteiger partial charge in [-0.05, 0) is 48.8 Å². The molecular weight excluding hydrogens is 202 g/mol. The number of thioether (sulfide) groups is 1. The van der Waals surface area contributed by atoms with Gasteiger partial charge in [-0.15, -0.1) is 0 Å². The van der Waals surface area contributed by atoms with E-state index in [1.54, 1.807) is 0 Å². The second-order valence-electron chi connectivity index (χ2n) is 4.99. The molecule has 2 unspecified atom stereocenters. The highest BCUT2D eigenvalue weighted by Crippen LogP contribution is 2.17. The molecule has 92 valence electrons. The van der Waals surface area contributed by atoms with Crippen molar-refractivity contribution in [2.24, 2.45) is 17.8 Å². The summed E-state index contributed by atoms with van der Waals surface area (Å²) in [5, 5.41) is 3.55. The van der Waals surface area contributed by atoms with Gasteiger partial charge in [0, 0.05) is 0 Å². The summed E-state index contributed by atoms with van der Waals surface area (Å²) < 4.78 is 0. The third kappa shape index (κ3) is 9.25. The van der Waals surface area contributed by atoms with Gasteiger partial charge in [-0.3, -0.25) is 0 Å². The molecule has 1 nitrogen and oxygen atoms in total. The first kappa shape index (κ1) is 15.3. The molecule has 0 heterocycles. The van der Waals surface area contributed by atoms with Gasteiger partial charge in [0.15, 0.2) is 0 Å². The molecule has 0 saturated carbocycles. The fraction of sp³-hybridized carbons (Fsp3) is 1.00. The normalized spacial score (nSPS) is 15.6. The summed E-state index contributed by atoms with van der Waals surface area (Å²) in [6, 6.07) is 0. The first-order valence-corrected chi connectivity index (χ1v) is 7.51. The summed E-state index contributed by atoms with van der Waals surface area (Å²) in [5.74, 6) is 5.01. The Morgan fingerprint density at radius 3 is 2.20 bits per heavy atom. The zero-order valence-electron chi connectivity index (χ0n) is 11.2. The molecule has 0 spiro atoms. The molecule has 0 aromatic carbocycles. The van der Waals surface area contributed by atoms with E-state index in [4.69, 9.17) is 0 Å². The first-order valence-electron chi connectivity index (χ1n) is 6.36. The lowest BCUT2D eigenvalue weighted by molar-refractivity contribution is 0.353. The summed E-state index contributed by atoms with van der Waals surface area (Å²) >= 11 is 2.06. The Morgan fingerprint density at radius 2 is 1.67 bits per heavy atom. The van der Waals surface area contributed by atoms with Crippen molar-refractivity contribution in [1.29, 1.82) is 0 Å². The highest BCUT2D eigenvalue weighted by molar-refractivity contribution is 7.99. The van der Waals surface area contributed by atoms with Gasteiger partial charge in [-0.25, -0.2) is 0 Å². The van der Waals surface area contributed by atoms with Gasteiger partial charge < -0.3 is 5.32 Å². The van der Waals surface area contributed by atoms with Gasteiger partial charge in [-0.2, -0.15) is 11.8 Å².